The van der Waals surface area contributed by atoms with Crippen molar-refractivity contribution >= 4 is 5.82 Å². The molecule has 5 nitrogen and oxygen atoms in total. The molecule has 0 saturated carbocycles. The second-order valence-corrected chi connectivity index (χ2v) is 3.63. The van der Waals surface area contributed by atoms with E-state index in [-0.39, 0.29) is 0 Å². The van der Waals surface area contributed by atoms with E-state index in [9.17, 15) is 0 Å². The molecule has 2 rings (SSSR count). The second-order valence-electron chi connectivity index (χ2n) is 3.63. The zero-order chi connectivity index (χ0) is 10.8. The third kappa shape index (κ3) is 1.96. The van der Waals surface area contributed by atoms with Gasteiger partial charge < -0.3 is 5.73 Å². The molecule has 0 atom stereocenters. The topological polar surface area (TPSA) is 69.6 Å². The minimum Gasteiger partial charge on any atom is -0.382 e. The Morgan fingerprint density at radius 2 is 2.00 bits per heavy atom. The quantitative estimate of drug-likeness (QED) is 0.803. The van der Waals surface area contributed by atoms with E-state index < -0.39 is 0 Å². The lowest BCUT2D eigenvalue weighted by molar-refractivity contribution is 0.532. The lowest BCUT2D eigenvalue weighted by atomic mass is 10.3. The molecule has 2 N–H and O–H groups in total. The number of nitrogen functional groups attached to an aromatic ring is 1. The van der Waals surface area contributed by atoms with E-state index in [1.54, 1.807) is 18.6 Å². The van der Waals surface area contributed by atoms with E-state index >= 15 is 0 Å². The van der Waals surface area contributed by atoms with Crippen LogP contribution in [0.5, 0.6) is 0 Å². The Balaban J connectivity index is 2.33. The van der Waals surface area contributed by atoms with Crippen LogP contribution in [0.15, 0.2) is 24.8 Å². The first-order chi connectivity index (χ1) is 7.16. The van der Waals surface area contributed by atoms with Gasteiger partial charge in [0.25, 0.3) is 0 Å². The maximum Gasteiger partial charge on any atom is 0.141 e. The van der Waals surface area contributed by atoms with Crippen molar-refractivity contribution < 1.29 is 0 Å². The van der Waals surface area contributed by atoms with E-state index in [0.29, 0.717) is 11.9 Å². The van der Waals surface area contributed by atoms with Crippen molar-refractivity contribution in [2.24, 2.45) is 0 Å². The van der Waals surface area contributed by atoms with Gasteiger partial charge >= 0.3 is 0 Å². The van der Waals surface area contributed by atoms with Crippen LogP contribution in [0, 0.1) is 0 Å². The molecule has 78 valence electrons. The number of rotatable bonds is 2. The smallest absolute Gasteiger partial charge is 0.141 e. The summed E-state index contributed by atoms with van der Waals surface area (Å²) in [7, 11) is 0. The van der Waals surface area contributed by atoms with Gasteiger partial charge in [-0.15, -0.1) is 0 Å². The van der Waals surface area contributed by atoms with E-state index in [0.717, 1.165) is 11.3 Å². The van der Waals surface area contributed by atoms with E-state index in [1.807, 2.05) is 10.9 Å². The van der Waals surface area contributed by atoms with Gasteiger partial charge in [0.1, 0.15) is 5.82 Å². The number of nitrogens with zero attached hydrogens (tertiary/aromatic N) is 4. The number of anilines is 1. The van der Waals surface area contributed by atoms with Crippen molar-refractivity contribution in [3.8, 4) is 11.3 Å². The highest BCUT2D eigenvalue weighted by molar-refractivity contribution is 5.56. The molecule has 15 heavy (non-hydrogen) atoms. The predicted octanol–water partition coefficient (Wildman–Crippen LogP) is 1.50. The molecule has 0 aliphatic carbocycles. The van der Waals surface area contributed by atoms with Crippen LogP contribution in [0.25, 0.3) is 11.3 Å². The largest absolute Gasteiger partial charge is 0.382 e. The fraction of sp³-hybridized carbons (Fsp3) is 0.300. The normalized spacial score (nSPS) is 10.9. The van der Waals surface area contributed by atoms with Gasteiger partial charge in [-0.05, 0) is 13.8 Å². The molecule has 0 radical (unpaired) electrons. The zero-order valence-corrected chi connectivity index (χ0v) is 8.75. The lowest BCUT2D eigenvalue weighted by Crippen LogP contribution is -1.99. The molecule has 0 amide bonds. The molecular formula is C10H13N5. The Labute approximate surface area is 88.0 Å². The van der Waals surface area contributed by atoms with Crippen molar-refractivity contribution in [2.75, 3.05) is 5.73 Å². The highest BCUT2D eigenvalue weighted by atomic mass is 15.3. The Bertz CT molecular complexity index is 443. The highest BCUT2D eigenvalue weighted by Gasteiger charge is 2.05. The SMILES string of the molecule is CC(C)n1cc(-c2cnc(N)cn2)cn1. The summed E-state index contributed by atoms with van der Waals surface area (Å²) in [6.07, 6.45) is 6.92. The third-order valence-corrected chi connectivity index (χ3v) is 2.10. The fourth-order valence-electron chi connectivity index (χ4n) is 1.24. The summed E-state index contributed by atoms with van der Waals surface area (Å²) in [5.74, 6) is 0.426. The standard InChI is InChI=1S/C10H13N5/c1-7(2)15-6-8(3-14-15)9-4-13-10(11)5-12-9/h3-7H,1-2H3,(H2,11,13). The Kier molecular flexibility index (Phi) is 2.37. The average Bonchev–Trinajstić information content (AvgIpc) is 2.68. The first-order valence-corrected chi connectivity index (χ1v) is 4.79. The minimum absolute atomic E-state index is 0.348. The van der Waals surface area contributed by atoms with Crippen LogP contribution in [0.3, 0.4) is 0 Å². The van der Waals surface area contributed by atoms with E-state index in [4.69, 9.17) is 5.73 Å². The number of aromatic nitrogens is 4. The number of hydrogen-bond acceptors (Lipinski definition) is 4. The van der Waals surface area contributed by atoms with Crippen LogP contribution >= 0.6 is 0 Å². The summed E-state index contributed by atoms with van der Waals surface area (Å²) >= 11 is 0. The minimum atomic E-state index is 0.348. The lowest BCUT2D eigenvalue weighted by Gasteiger charge is -2.02. The molecule has 0 spiro atoms. The monoisotopic (exact) mass is 203 g/mol. The van der Waals surface area contributed by atoms with Crippen LogP contribution in [-0.4, -0.2) is 19.7 Å². The van der Waals surface area contributed by atoms with E-state index in [2.05, 4.69) is 28.9 Å². The van der Waals surface area contributed by atoms with Gasteiger partial charge in [0.15, 0.2) is 0 Å². The summed E-state index contributed by atoms with van der Waals surface area (Å²) in [5, 5.41) is 4.23. The number of hydrogen-bond donors (Lipinski definition) is 1. The molecule has 0 aliphatic rings. The van der Waals surface area contributed by atoms with Crippen molar-refractivity contribution in [3.63, 3.8) is 0 Å². The van der Waals surface area contributed by atoms with Crippen LogP contribution in [0.4, 0.5) is 5.82 Å². The molecule has 0 saturated heterocycles. The predicted molar refractivity (Wildman–Crippen MR) is 58.1 cm³/mol. The van der Waals surface area contributed by atoms with Crippen molar-refractivity contribution in [3.05, 3.63) is 24.8 Å². The maximum atomic E-state index is 5.46. The molecule has 2 heterocycles. The number of nitrogens with two attached hydrogens (primary N) is 1. The summed E-state index contributed by atoms with van der Waals surface area (Å²) in [6.45, 7) is 4.15. The van der Waals surface area contributed by atoms with Gasteiger partial charge in [-0.1, -0.05) is 0 Å². The zero-order valence-electron chi connectivity index (χ0n) is 8.75. The van der Waals surface area contributed by atoms with Crippen molar-refractivity contribution in [1.82, 2.24) is 19.7 Å². The van der Waals surface area contributed by atoms with Crippen LogP contribution < -0.4 is 5.73 Å². The maximum absolute atomic E-state index is 5.46. The van der Waals surface area contributed by atoms with Crippen molar-refractivity contribution in [2.45, 2.75) is 19.9 Å². The van der Waals surface area contributed by atoms with E-state index in [1.165, 1.54) is 0 Å². The van der Waals surface area contributed by atoms with Gasteiger partial charge in [0.05, 0.1) is 24.3 Å². The molecule has 2 aromatic rings. The molecule has 5 heteroatoms. The second kappa shape index (κ2) is 3.68. The van der Waals surface area contributed by atoms with Gasteiger partial charge in [-0.2, -0.15) is 5.10 Å². The van der Waals surface area contributed by atoms with Gasteiger partial charge in [0.2, 0.25) is 0 Å². The van der Waals surface area contributed by atoms with Gasteiger partial charge in [0, 0.05) is 17.8 Å². The van der Waals surface area contributed by atoms with Crippen LogP contribution in [-0.2, 0) is 0 Å². The van der Waals surface area contributed by atoms with Gasteiger partial charge in [-0.25, -0.2) is 4.98 Å². The molecule has 0 fully saturated rings. The van der Waals surface area contributed by atoms with Gasteiger partial charge in [-0.3, -0.25) is 9.67 Å². The Hall–Kier alpha value is -1.91. The Morgan fingerprint density at radius 3 is 2.53 bits per heavy atom. The Morgan fingerprint density at radius 1 is 1.20 bits per heavy atom. The summed E-state index contributed by atoms with van der Waals surface area (Å²) in [6, 6.07) is 0.348. The molecule has 0 aliphatic heterocycles. The molecule has 2 aromatic heterocycles. The fourth-order valence-corrected chi connectivity index (χ4v) is 1.24. The van der Waals surface area contributed by atoms with Crippen LogP contribution in [0.1, 0.15) is 19.9 Å². The summed E-state index contributed by atoms with van der Waals surface area (Å²) in [5.41, 5.74) is 7.21. The molecule has 0 bridgehead atoms. The first-order valence-electron chi connectivity index (χ1n) is 4.79. The van der Waals surface area contributed by atoms with Crippen LogP contribution in [0.2, 0.25) is 0 Å². The average molecular weight is 203 g/mol. The molecular weight excluding hydrogens is 190 g/mol. The van der Waals surface area contributed by atoms with Crippen molar-refractivity contribution in [1.29, 1.82) is 0 Å². The summed E-state index contributed by atoms with van der Waals surface area (Å²) < 4.78 is 1.88. The molecule has 0 unspecified atom stereocenters. The highest BCUT2D eigenvalue weighted by Crippen LogP contribution is 2.16. The third-order valence-electron chi connectivity index (χ3n) is 2.10. The first kappa shape index (κ1) is 9.64. The summed E-state index contributed by atoms with van der Waals surface area (Å²) in [4.78, 5) is 8.17. The molecule has 0 aromatic carbocycles.